The van der Waals surface area contributed by atoms with Crippen molar-refractivity contribution in [2.45, 2.75) is 5.03 Å². The van der Waals surface area contributed by atoms with Gasteiger partial charge in [-0.3, -0.25) is 4.79 Å². The highest BCUT2D eigenvalue weighted by Gasteiger charge is 2.11. The van der Waals surface area contributed by atoms with Gasteiger partial charge in [0.25, 0.3) is 0 Å². The number of carbonyl (C=O) groups is 1. The zero-order valence-corrected chi connectivity index (χ0v) is 14.5. The molecule has 0 spiro atoms. The summed E-state index contributed by atoms with van der Waals surface area (Å²) in [5.41, 5.74) is 1.29. The number of fused-ring (bicyclic) bond motifs is 1. The Kier molecular flexibility index (Phi) is 5.08. The number of rotatable bonds is 5. The lowest BCUT2D eigenvalue weighted by atomic mass is 10.2. The molecule has 3 rings (SSSR count). The molecule has 122 valence electrons. The molecule has 0 aliphatic heterocycles. The van der Waals surface area contributed by atoms with Crippen molar-refractivity contribution in [1.29, 1.82) is 0 Å². The van der Waals surface area contributed by atoms with Gasteiger partial charge in [-0.1, -0.05) is 53.2 Å². The lowest BCUT2D eigenvalue weighted by Crippen LogP contribution is -2.02. The smallest absolute Gasteiger partial charge is 0.313 e. The molecule has 0 fully saturated rings. The zero-order chi connectivity index (χ0) is 17.1. The number of hydrogen-bond donors (Lipinski definition) is 2. The van der Waals surface area contributed by atoms with Crippen LogP contribution in [0.4, 0.5) is 11.6 Å². The van der Waals surface area contributed by atoms with Crippen LogP contribution in [0, 0.1) is 0 Å². The first-order valence-electron chi connectivity index (χ1n) is 6.86. The second kappa shape index (κ2) is 7.25. The summed E-state index contributed by atoms with van der Waals surface area (Å²) >= 11 is 13.3. The molecular weight excluding hydrogens is 369 g/mol. The molecule has 0 saturated heterocycles. The molecule has 2 aromatic carbocycles. The van der Waals surface area contributed by atoms with E-state index in [4.69, 9.17) is 28.3 Å². The van der Waals surface area contributed by atoms with Gasteiger partial charge in [0.1, 0.15) is 5.03 Å². The van der Waals surface area contributed by atoms with Gasteiger partial charge in [-0.25, -0.2) is 9.97 Å². The maximum absolute atomic E-state index is 10.9. The number of carboxylic acids is 1. The first-order valence-corrected chi connectivity index (χ1v) is 8.60. The van der Waals surface area contributed by atoms with Gasteiger partial charge in [-0.2, -0.15) is 0 Å². The van der Waals surface area contributed by atoms with Crippen LogP contribution in [0.2, 0.25) is 10.0 Å². The minimum atomic E-state index is -0.907. The van der Waals surface area contributed by atoms with E-state index in [2.05, 4.69) is 15.3 Å². The molecule has 0 saturated carbocycles. The Hall–Kier alpha value is -2.02. The number of hydrogen-bond acceptors (Lipinski definition) is 5. The van der Waals surface area contributed by atoms with Crippen molar-refractivity contribution >= 4 is 63.5 Å². The van der Waals surface area contributed by atoms with Crippen LogP contribution in [0.5, 0.6) is 0 Å². The van der Waals surface area contributed by atoms with Crippen LogP contribution in [-0.4, -0.2) is 26.8 Å². The molecule has 1 heterocycles. The molecule has 0 radical (unpaired) electrons. The van der Waals surface area contributed by atoms with Crippen molar-refractivity contribution in [2.24, 2.45) is 0 Å². The SMILES string of the molecule is O=C(O)CSc1nc(Nc2cc(Cl)ccc2Cl)nc2ccccc12. The first kappa shape index (κ1) is 16.8. The zero-order valence-electron chi connectivity index (χ0n) is 12.2. The lowest BCUT2D eigenvalue weighted by Gasteiger charge is -2.10. The summed E-state index contributed by atoms with van der Waals surface area (Å²) in [5, 5.41) is 14.3. The number of nitrogens with one attached hydrogen (secondary N) is 1. The molecule has 3 aromatic rings. The van der Waals surface area contributed by atoms with Gasteiger partial charge in [-0.05, 0) is 24.3 Å². The maximum Gasteiger partial charge on any atom is 0.313 e. The maximum atomic E-state index is 10.9. The standard InChI is InChI=1S/C16H11Cl2N3O2S/c17-9-5-6-11(18)13(7-9)20-16-19-12-4-2-1-3-10(12)15(21-16)24-8-14(22)23/h1-7H,8H2,(H,22,23)(H,19,20,21). The minimum absolute atomic E-state index is 0.0850. The Bertz CT molecular complexity index is 921. The summed E-state index contributed by atoms with van der Waals surface area (Å²) in [6, 6.07) is 12.4. The largest absolute Gasteiger partial charge is 0.481 e. The van der Waals surface area contributed by atoms with E-state index in [1.165, 1.54) is 0 Å². The summed E-state index contributed by atoms with van der Waals surface area (Å²) in [7, 11) is 0. The molecule has 8 heteroatoms. The van der Waals surface area contributed by atoms with Crippen molar-refractivity contribution in [1.82, 2.24) is 9.97 Å². The van der Waals surface area contributed by atoms with Crippen molar-refractivity contribution in [3.05, 3.63) is 52.5 Å². The van der Waals surface area contributed by atoms with Crippen LogP contribution < -0.4 is 5.32 Å². The summed E-state index contributed by atoms with van der Waals surface area (Å²) in [6.07, 6.45) is 0. The summed E-state index contributed by atoms with van der Waals surface area (Å²) in [6.45, 7) is 0. The Labute approximate surface area is 152 Å². The molecule has 5 nitrogen and oxygen atoms in total. The van der Waals surface area contributed by atoms with Crippen LogP contribution >= 0.6 is 35.0 Å². The first-order chi connectivity index (χ1) is 11.5. The lowest BCUT2D eigenvalue weighted by molar-refractivity contribution is -0.133. The van der Waals surface area contributed by atoms with Crippen molar-refractivity contribution in [3.8, 4) is 0 Å². The van der Waals surface area contributed by atoms with E-state index in [1.807, 2.05) is 24.3 Å². The Morgan fingerprint density at radius 3 is 2.75 bits per heavy atom. The van der Waals surface area contributed by atoms with Gasteiger partial charge >= 0.3 is 5.97 Å². The highest BCUT2D eigenvalue weighted by atomic mass is 35.5. The van der Waals surface area contributed by atoms with Gasteiger partial charge in [0.15, 0.2) is 0 Å². The fourth-order valence-electron chi connectivity index (χ4n) is 2.06. The van der Waals surface area contributed by atoms with Gasteiger partial charge < -0.3 is 10.4 Å². The van der Waals surface area contributed by atoms with Gasteiger partial charge in [-0.15, -0.1) is 0 Å². The molecule has 0 bridgehead atoms. The normalized spacial score (nSPS) is 10.8. The molecule has 0 atom stereocenters. The second-order valence-electron chi connectivity index (χ2n) is 4.80. The van der Waals surface area contributed by atoms with Gasteiger partial charge in [0.2, 0.25) is 5.95 Å². The van der Waals surface area contributed by atoms with Crippen LogP contribution in [0.25, 0.3) is 10.9 Å². The molecule has 1 aromatic heterocycles. The van der Waals surface area contributed by atoms with E-state index in [9.17, 15) is 4.79 Å². The number of aromatic nitrogens is 2. The molecule has 0 aliphatic carbocycles. The average Bonchev–Trinajstić information content (AvgIpc) is 2.56. The number of nitrogens with zero attached hydrogens (tertiary/aromatic N) is 2. The molecule has 0 unspecified atom stereocenters. The molecule has 0 amide bonds. The van der Waals surface area contributed by atoms with Gasteiger partial charge in [0.05, 0.1) is 22.0 Å². The number of halogens is 2. The molecule has 0 aliphatic rings. The number of benzene rings is 2. The summed E-state index contributed by atoms with van der Waals surface area (Å²) in [5.74, 6) is -0.668. The number of anilines is 2. The quantitative estimate of drug-likeness (QED) is 0.487. The Balaban J connectivity index is 2.01. The second-order valence-corrected chi connectivity index (χ2v) is 6.61. The van der Waals surface area contributed by atoms with E-state index in [-0.39, 0.29) is 5.75 Å². The van der Waals surface area contributed by atoms with Crippen LogP contribution in [0.1, 0.15) is 0 Å². The van der Waals surface area contributed by atoms with E-state index >= 15 is 0 Å². The van der Waals surface area contributed by atoms with E-state index < -0.39 is 5.97 Å². The predicted molar refractivity (Wildman–Crippen MR) is 97.6 cm³/mol. The Morgan fingerprint density at radius 2 is 1.96 bits per heavy atom. The number of para-hydroxylation sites is 1. The van der Waals surface area contributed by atoms with E-state index in [0.29, 0.717) is 32.2 Å². The number of carboxylic acid groups (broad SMARTS) is 1. The van der Waals surface area contributed by atoms with Crippen molar-refractivity contribution in [2.75, 3.05) is 11.1 Å². The summed E-state index contributed by atoms with van der Waals surface area (Å²) in [4.78, 5) is 19.7. The van der Waals surface area contributed by atoms with Crippen LogP contribution in [0.3, 0.4) is 0 Å². The topological polar surface area (TPSA) is 75.1 Å². The third kappa shape index (κ3) is 3.90. The molecule has 2 N–H and O–H groups in total. The fraction of sp³-hybridized carbons (Fsp3) is 0.0625. The highest BCUT2D eigenvalue weighted by Crippen LogP contribution is 2.30. The third-order valence-corrected chi connectivity index (χ3v) is 4.62. The molecule has 24 heavy (non-hydrogen) atoms. The Morgan fingerprint density at radius 1 is 1.17 bits per heavy atom. The monoisotopic (exact) mass is 379 g/mol. The predicted octanol–water partition coefficient (Wildman–Crippen LogP) is 4.86. The van der Waals surface area contributed by atoms with Crippen molar-refractivity contribution < 1.29 is 9.90 Å². The third-order valence-electron chi connectivity index (χ3n) is 3.08. The average molecular weight is 380 g/mol. The summed E-state index contributed by atoms with van der Waals surface area (Å²) < 4.78 is 0. The van der Waals surface area contributed by atoms with E-state index in [0.717, 1.165) is 17.1 Å². The van der Waals surface area contributed by atoms with Crippen molar-refractivity contribution in [3.63, 3.8) is 0 Å². The van der Waals surface area contributed by atoms with E-state index in [1.54, 1.807) is 18.2 Å². The molecular formula is C16H11Cl2N3O2S. The van der Waals surface area contributed by atoms with Gasteiger partial charge in [0, 0.05) is 10.4 Å². The minimum Gasteiger partial charge on any atom is -0.481 e. The number of aliphatic carboxylic acids is 1. The highest BCUT2D eigenvalue weighted by molar-refractivity contribution is 8.00. The van der Waals surface area contributed by atoms with Crippen LogP contribution in [0.15, 0.2) is 47.5 Å². The number of thioether (sulfide) groups is 1. The van der Waals surface area contributed by atoms with Crippen LogP contribution in [-0.2, 0) is 4.79 Å². The fourth-order valence-corrected chi connectivity index (χ4v) is 3.13.